The number of phenols is 1. The standard InChI is InChI=1S/C22H23N5O4S2/c1-13-20(14(2)31-26-13)33(29,30)27-22-21(23-17-6-4-5-7-18(17)24-22)25-19-12-16(28)9-8-15(19)10-11-32-3/h4-9,12,28H,10-11H2,1-3H3,(H,23,25)(H,24,27). The Kier molecular flexibility index (Phi) is 6.43. The number of phenolic OH excluding ortho intramolecular Hbond substituents is 1. The highest BCUT2D eigenvalue weighted by Crippen LogP contribution is 2.31. The van der Waals surface area contributed by atoms with Crippen LogP contribution in [0.2, 0.25) is 0 Å². The van der Waals surface area contributed by atoms with E-state index in [9.17, 15) is 13.5 Å². The molecule has 11 heteroatoms. The number of thioether (sulfide) groups is 1. The van der Waals surface area contributed by atoms with Gasteiger partial charge < -0.3 is 14.9 Å². The maximum Gasteiger partial charge on any atom is 0.268 e. The van der Waals surface area contributed by atoms with Gasteiger partial charge in [-0.05, 0) is 56.0 Å². The van der Waals surface area contributed by atoms with Crippen molar-refractivity contribution in [2.24, 2.45) is 0 Å². The summed E-state index contributed by atoms with van der Waals surface area (Å²) in [7, 11) is -4.05. The molecule has 2 aromatic carbocycles. The van der Waals surface area contributed by atoms with Crippen LogP contribution in [0.15, 0.2) is 51.9 Å². The number of hydrogen-bond acceptors (Lipinski definition) is 9. The number of nitrogens with one attached hydrogen (secondary N) is 2. The maximum absolute atomic E-state index is 13.2. The highest BCUT2D eigenvalue weighted by Gasteiger charge is 2.26. The Labute approximate surface area is 195 Å². The molecule has 0 aliphatic heterocycles. The second-order valence-electron chi connectivity index (χ2n) is 7.38. The van der Waals surface area contributed by atoms with Gasteiger partial charge in [0, 0.05) is 11.8 Å². The smallest absolute Gasteiger partial charge is 0.268 e. The monoisotopic (exact) mass is 485 g/mol. The van der Waals surface area contributed by atoms with Crippen molar-refractivity contribution in [3.63, 3.8) is 0 Å². The van der Waals surface area contributed by atoms with Gasteiger partial charge in [0.05, 0.1) is 11.0 Å². The minimum Gasteiger partial charge on any atom is -0.508 e. The number of benzene rings is 2. The quantitative estimate of drug-likeness (QED) is 0.332. The lowest BCUT2D eigenvalue weighted by Gasteiger charge is -2.16. The fraction of sp³-hybridized carbons (Fsp3) is 0.227. The lowest BCUT2D eigenvalue weighted by atomic mass is 10.1. The Morgan fingerprint density at radius 3 is 2.39 bits per heavy atom. The molecule has 0 aliphatic rings. The molecule has 0 bridgehead atoms. The highest BCUT2D eigenvalue weighted by molar-refractivity contribution is 7.98. The second-order valence-corrected chi connectivity index (χ2v) is 9.98. The SMILES string of the molecule is CSCCc1ccc(O)cc1Nc1nc2ccccc2nc1NS(=O)(=O)c1c(C)noc1C. The van der Waals surface area contributed by atoms with E-state index in [2.05, 4.69) is 25.2 Å². The minimum absolute atomic E-state index is 0.0212. The average molecular weight is 486 g/mol. The van der Waals surface area contributed by atoms with E-state index in [0.717, 1.165) is 17.7 Å². The molecule has 4 aromatic rings. The van der Waals surface area contributed by atoms with Gasteiger partial charge >= 0.3 is 0 Å². The first kappa shape index (κ1) is 22.9. The molecule has 172 valence electrons. The van der Waals surface area contributed by atoms with Gasteiger partial charge in [-0.3, -0.25) is 4.72 Å². The van der Waals surface area contributed by atoms with E-state index in [1.165, 1.54) is 6.92 Å². The molecule has 4 rings (SSSR count). The predicted molar refractivity (Wildman–Crippen MR) is 130 cm³/mol. The third kappa shape index (κ3) is 4.88. The van der Waals surface area contributed by atoms with Crippen molar-refractivity contribution < 1.29 is 18.0 Å². The van der Waals surface area contributed by atoms with E-state index in [4.69, 9.17) is 4.52 Å². The molecule has 0 fully saturated rings. The van der Waals surface area contributed by atoms with Crippen LogP contribution in [0.4, 0.5) is 17.3 Å². The van der Waals surface area contributed by atoms with Gasteiger partial charge in [-0.15, -0.1) is 0 Å². The van der Waals surface area contributed by atoms with Crippen LogP contribution >= 0.6 is 11.8 Å². The fourth-order valence-electron chi connectivity index (χ4n) is 3.43. The van der Waals surface area contributed by atoms with Crippen molar-refractivity contribution in [2.75, 3.05) is 22.0 Å². The summed E-state index contributed by atoms with van der Waals surface area (Å²) in [6.45, 7) is 3.09. The Morgan fingerprint density at radius 2 is 1.76 bits per heavy atom. The molecule has 0 radical (unpaired) electrons. The number of para-hydroxylation sites is 2. The largest absolute Gasteiger partial charge is 0.508 e. The molecule has 33 heavy (non-hydrogen) atoms. The summed E-state index contributed by atoms with van der Waals surface area (Å²) < 4.78 is 33.9. The van der Waals surface area contributed by atoms with Crippen molar-refractivity contribution in [3.05, 3.63) is 59.5 Å². The molecule has 0 amide bonds. The molecule has 9 nitrogen and oxygen atoms in total. The van der Waals surface area contributed by atoms with Gasteiger partial charge in [-0.2, -0.15) is 11.8 Å². The Hall–Kier alpha value is -3.31. The van der Waals surface area contributed by atoms with Gasteiger partial charge in [-0.1, -0.05) is 23.4 Å². The van der Waals surface area contributed by atoms with E-state index < -0.39 is 10.0 Å². The fourth-order valence-corrected chi connectivity index (χ4v) is 5.20. The van der Waals surface area contributed by atoms with Crippen LogP contribution in [0.25, 0.3) is 11.0 Å². The topological polar surface area (TPSA) is 130 Å². The van der Waals surface area contributed by atoms with Crippen LogP contribution < -0.4 is 10.0 Å². The van der Waals surface area contributed by atoms with Crippen LogP contribution in [0, 0.1) is 13.8 Å². The van der Waals surface area contributed by atoms with Gasteiger partial charge in [0.2, 0.25) is 0 Å². The Morgan fingerprint density at radius 1 is 1.06 bits per heavy atom. The summed E-state index contributed by atoms with van der Waals surface area (Å²) in [5, 5.41) is 17.0. The molecule has 0 saturated heterocycles. The first-order chi connectivity index (χ1) is 15.8. The van der Waals surface area contributed by atoms with Crippen molar-refractivity contribution in [1.82, 2.24) is 15.1 Å². The average Bonchev–Trinajstić information content (AvgIpc) is 3.12. The molecule has 0 atom stereocenters. The number of rotatable bonds is 8. The third-order valence-electron chi connectivity index (χ3n) is 4.96. The molecule has 0 spiro atoms. The van der Waals surface area contributed by atoms with E-state index in [-0.39, 0.29) is 33.7 Å². The highest BCUT2D eigenvalue weighted by atomic mass is 32.2. The number of aromatic hydroxyl groups is 1. The van der Waals surface area contributed by atoms with Gasteiger partial charge in [0.15, 0.2) is 22.3 Å². The third-order valence-corrected chi connectivity index (χ3v) is 7.16. The van der Waals surface area contributed by atoms with Gasteiger partial charge in [0.25, 0.3) is 10.0 Å². The number of sulfonamides is 1. The van der Waals surface area contributed by atoms with Crippen LogP contribution in [-0.2, 0) is 16.4 Å². The van der Waals surface area contributed by atoms with Crippen LogP contribution in [0.5, 0.6) is 5.75 Å². The molecular formula is C22H23N5O4S2. The second kappa shape index (κ2) is 9.28. The molecular weight excluding hydrogens is 462 g/mol. The van der Waals surface area contributed by atoms with Crippen LogP contribution in [0.3, 0.4) is 0 Å². The summed E-state index contributed by atoms with van der Waals surface area (Å²) in [6.07, 6.45) is 2.77. The predicted octanol–water partition coefficient (Wildman–Crippen LogP) is 4.39. The van der Waals surface area contributed by atoms with Crippen molar-refractivity contribution in [3.8, 4) is 5.75 Å². The van der Waals surface area contributed by atoms with E-state index in [1.54, 1.807) is 49.0 Å². The zero-order chi connectivity index (χ0) is 23.6. The summed E-state index contributed by atoms with van der Waals surface area (Å²) in [5.74, 6) is 1.37. The minimum atomic E-state index is -4.05. The van der Waals surface area contributed by atoms with Crippen LogP contribution in [-0.4, -0.2) is 40.7 Å². The number of aryl methyl sites for hydroxylation is 3. The molecule has 0 saturated carbocycles. The van der Waals surface area contributed by atoms with Crippen molar-refractivity contribution in [2.45, 2.75) is 25.2 Å². The summed E-state index contributed by atoms with van der Waals surface area (Å²) in [4.78, 5) is 9.07. The van der Waals surface area contributed by atoms with Gasteiger partial charge in [-0.25, -0.2) is 18.4 Å². The molecule has 0 unspecified atom stereocenters. The van der Waals surface area contributed by atoms with Gasteiger partial charge in [0.1, 0.15) is 11.4 Å². The molecule has 2 aromatic heterocycles. The maximum atomic E-state index is 13.2. The van der Waals surface area contributed by atoms with E-state index >= 15 is 0 Å². The zero-order valence-electron chi connectivity index (χ0n) is 18.3. The van der Waals surface area contributed by atoms with E-state index in [0.29, 0.717) is 16.7 Å². The summed E-state index contributed by atoms with van der Waals surface area (Å²) >= 11 is 1.70. The molecule has 3 N–H and O–H groups in total. The Bertz CT molecular complexity index is 1400. The number of nitrogens with zero attached hydrogens (tertiary/aromatic N) is 3. The summed E-state index contributed by atoms with van der Waals surface area (Å²) in [5.41, 5.74) is 2.93. The zero-order valence-corrected chi connectivity index (χ0v) is 19.9. The van der Waals surface area contributed by atoms with Crippen molar-refractivity contribution >= 4 is 50.1 Å². The number of hydrogen-bond donors (Lipinski definition) is 3. The number of fused-ring (bicyclic) bond motifs is 1. The normalized spacial score (nSPS) is 11.6. The van der Waals surface area contributed by atoms with Crippen molar-refractivity contribution in [1.29, 1.82) is 0 Å². The molecule has 2 heterocycles. The first-order valence-electron chi connectivity index (χ1n) is 10.1. The van der Waals surface area contributed by atoms with E-state index in [1.807, 2.05) is 18.4 Å². The Balaban J connectivity index is 1.81. The summed E-state index contributed by atoms with van der Waals surface area (Å²) in [6, 6.07) is 12.2. The molecule has 0 aliphatic carbocycles. The lowest BCUT2D eigenvalue weighted by Crippen LogP contribution is -2.17. The van der Waals surface area contributed by atoms with Crippen LogP contribution in [0.1, 0.15) is 17.0 Å². The first-order valence-corrected chi connectivity index (χ1v) is 13.0. The lowest BCUT2D eigenvalue weighted by molar-refractivity contribution is 0.390. The number of anilines is 3. The number of aromatic nitrogens is 3.